The van der Waals surface area contributed by atoms with E-state index in [0.717, 1.165) is 11.1 Å². The van der Waals surface area contributed by atoms with Gasteiger partial charge in [-0.25, -0.2) is 0 Å². The number of carbonyl (C=O) groups is 1. The number of thioether (sulfide) groups is 1. The number of ketones is 1. The summed E-state index contributed by atoms with van der Waals surface area (Å²) in [7, 11) is 4.63. The Morgan fingerprint density at radius 2 is 1.82 bits per heavy atom. The highest BCUT2D eigenvalue weighted by Gasteiger charge is 2.33. The third-order valence-corrected chi connectivity index (χ3v) is 6.20. The van der Waals surface area contributed by atoms with Gasteiger partial charge in [0.25, 0.3) is 0 Å². The van der Waals surface area contributed by atoms with Crippen molar-refractivity contribution in [2.24, 2.45) is 0 Å². The molecule has 7 heteroatoms. The number of hydrogen-bond acceptors (Lipinski definition) is 6. The molecule has 0 spiro atoms. The number of ether oxygens (including phenoxy) is 3. The maximum atomic E-state index is 13.1. The molecule has 2 N–H and O–H groups in total. The molecule has 1 saturated heterocycles. The third-order valence-electron chi connectivity index (χ3n) is 4.95. The Balaban J connectivity index is 1.59. The normalized spacial score (nSPS) is 19.0. The van der Waals surface area contributed by atoms with Gasteiger partial charge in [0.15, 0.2) is 17.3 Å². The summed E-state index contributed by atoms with van der Waals surface area (Å²) < 4.78 is 16.1. The zero-order valence-electron chi connectivity index (χ0n) is 15.9. The van der Waals surface area contributed by atoms with Gasteiger partial charge in [0.2, 0.25) is 5.75 Å². The van der Waals surface area contributed by atoms with Gasteiger partial charge in [0.1, 0.15) is 0 Å². The SMILES string of the molecule is COc1cc(C(=O)C2CSC(c3cccc4cc[nH]c34)N2)cc(OC)c1OC. The predicted molar refractivity (Wildman–Crippen MR) is 111 cm³/mol. The summed E-state index contributed by atoms with van der Waals surface area (Å²) in [6, 6.07) is 11.4. The molecule has 2 atom stereocenters. The summed E-state index contributed by atoms with van der Waals surface area (Å²) in [4.78, 5) is 16.4. The number of fused-ring (bicyclic) bond motifs is 1. The van der Waals surface area contributed by atoms with Crippen molar-refractivity contribution in [2.75, 3.05) is 27.1 Å². The molecule has 0 radical (unpaired) electrons. The molecular formula is C21H22N2O4S. The first-order valence-corrected chi connectivity index (χ1v) is 9.99. The van der Waals surface area contributed by atoms with Gasteiger partial charge in [0.05, 0.1) is 38.3 Å². The summed E-state index contributed by atoms with van der Waals surface area (Å²) in [5.41, 5.74) is 2.80. The third kappa shape index (κ3) is 3.21. The quantitative estimate of drug-likeness (QED) is 0.616. The zero-order valence-corrected chi connectivity index (χ0v) is 16.8. The minimum Gasteiger partial charge on any atom is -0.493 e. The minimum atomic E-state index is -0.289. The van der Waals surface area contributed by atoms with Crippen LogP contribution in [-0.2, 0) is 0 Å². The number of nitrogens with one attached hydrogen (secondary N) is 2. The van der Waals surface area contributed by atoms with Crippen LogP contribution in [0.25, 0.3) is 10.9 Å². The van der Waals surface area contributed by atoms with Crippen LogP contribution in [-0.4, -0.2) is 43.9 Å². The predicted octanol–water partition coefficient (Wildman–Crippen LogP) is 3.78. The molecule has 1 fully saturated rings. The van der Waals surface area contributed by atoms with Crippen molar-refractivity contribution in [3.05, 3.63) is 53.7 Å². The van der Waals surface area contributed by atoms with Crippen molar-refractivity contribution >= 4 is 28.4 Å². The van der Waals surface area contributed by atoms with Crippen LogP contribution < -0.4 is 19.5 Å². The summed E-state index contributed by atoms with van der Waals surface area (Å²) in [5.74, 6) is 2.13. The number of hydrogen-bond donors (Lipinski definition) is 2. The van der Waals surface area contributed by atoms with Crippen LogP contribution >= 0.6 is 11.8 Å². The van der Waals surface area contributed by atoms with E-state index in [9.17, 15) is 4.79 Å². The highest BCUT2D eigenvalue weighted by molar-refractivity contribution is 7.99. The number of Topliss-reactive ketones (excluding diaryl/α,β-unsaturated/α-hetero) is 1. The molecule has 3 aromatic rings. The molecule has 0 bridgehead atoms. The smallest absolute Gasteiger partial charge is 0.203 e. The van der Waals surface area contributed by atoms with Gasteiger partial charge in [-0.2, -0.15) is 0 Å². The number of para-hydroxylation sites is 1. The van der Waals surface area contributed by atoms with E-state index in [1.165, 1.54) is 5.39 Å². The molecule has 1 aliphatic rings. The van der Waals surface area contributed by atoms with E-state index in [0.29, 0.717) is 28.6 Å². The highest BCUT2D eigenvalue weighted by atomic mass is 32.2. The zero-order chi connectivity index (χ0) is 19.7. The lowest BCUT2D eigenvalue weighted by Crippen LogP contribution is -2.34. The van der Waals surface area contributed by atoms with E-state index >= 15 is 0 Å². The van der Waals surface area contributed by atoms with Gasteiger partial charge in [-0.15, -0.1) is 11.8 Å². The van der Waals surface area contributed by atoms with E-state index < -0.39 is 0 Å². The summed E-state index contributed by atoms with van der Waals surface area (Å²) in [6.45, 7) is 0. The second kappa shape index (κ2) is 7.77. The van der Waals surface area contributed by atoms with Crippen LogP contribution in [0.2, 0.25) is 0 Å². The largest absolute Gasteiger partial charge is 0.493 e. The Labute approximate surface area is 167 Å². The molecule has 0 aliphatic carbocycles. The number of rotatable bonds is 6. The standard InChI is InChI=1S/C21H22N2O4S/c1-25-16-9-13(10-17(26-2)20(16)27-3)19(24)15-11-28-21(23-15)14-6-4-5-12-7-8-22-18(12)14/h4-10,15,21-23H,11H2,1-3H3. The number of aromatic amines is 1. The van der Waals surface area contributed by atoms with Crippen LogP contribution in [0.1, 0.15) is 21.3 Å². The number of methoxy groups -OCH3 is 3. The Bertz CT molecular complexity index is 992. The van der Waals surface area contributed by atoms with Gasteiger partial charge in [-0.1, -0.05) is 18.2 Å². The van der Waals surface area contributed by atoms with Crippen molar-refractivity contribution in [2.45, 2.75) is 11.4 Å². The number of H-pyrrole nitrogens is 1. The topological polar surface area (TPSA) is 72.6 Å². The highest BCUT2D eigenvalue weighted by Crippen LogP contribution is 2.40. The minimum absolute atomic E-state index is 0.00733. The van der Waals surface area contributed by atoms with Crippen molar-refractivity contribution < 1.29 is 19.0 Å². The van der Waals surface area contributed by atoms with Crippen molar-refractivity contribution in [1.82, 2.24) is 10.3 Å². The summed E-state index contributed by atoms with van der Waals surface area (Å²) >= 11 is 1.73. The second-order valence-electron chi connectivity index (χ2n) is 6.50. The first-order valence-electron chi connectivity index (χ1n) is 8.94. The van der Waals surface area contributed by atoms with Crippen LogP contribution in [0.4, 0.5) is 0 Å². The van der Waals surface area contributed by atoms with Gasteiger partial charge >= 0.3 is 0 Å². The van der Waals surface area contributed by atoms with E-state index in [1.807, 2.05) is 12.3 Å². The fourth-order valence-corrected chi connectivity index (χ4v) is 4.82. The van der Waals surface area contributed by atoms with Crippen molar-refractivity contribution in [3.63, 3.8) is 0 Å². The molecule has 0 amide bonds. The second-order valence-corrected chi connectivity index (χ2v) is 7.64. The first kappa shape index (κ1) is 18.7. The van der Waals surface area contributed by atoms with Crippen LogP contribution in [0, 0.1) is 0 Å². The molecule has 1 aliphatic heterocycles. The molecule has 28 heavy (non-hydrogen) atoms. The van der Waals surface area contributed by atoms with Gasteiger partial charge in [0, 0.05) is 23.1 Å². The fraction of sp³-hybridized carbons (Fsp3) is 0.286. The molecule has 2 aromatic carbocycles. The van der Waals surface area contributed by atoms with Crippen LogP contribution in [0.3, 0.4) is 0 Å². The summed E-state index contributed by atoms with van der Waals surface area (Å²) in [5, 5.41) is 4.69. The molecule has 2 unspecified atom stereocenters. The van der Waals surface area contributed by atoms with E-state index in [-0.39, 0.29) is 17.2 Å². The van der Waals surface area contributed by atoms with Crippen LogP contribution in [0.15, 0.2) is 42.6 Å². The maximum absolute atomic E-state index is 13.1. The average molecular weight is 398 g/mol. The van der Waals surface area contributed by atoms with Gasteiger partial charge in [-0.3, -0.25) is 10.1 Å². The monoisotopic (exact) mass is 398 g/mol. The fourth-order valence-electron chi connectivity index (χ4n) is 3.55. The summed E-state index contributed by atoms with van der Waals surface area (Å²) in [6.07, 6.45) is 1.94. The molecular weight excluding hydrogens is 376 g/mol. The first-order chi connectivity index (χ1) is 13.7. The lowest BCUT2D eigenvalue weighted by atomic mass is 10.0. The van der Waals surface area contributed by atoms with Gasteiger partial charge < -0.3 is 19.2 Å². The number of carbonyl (C=O) groups excluding carboxylic acids is 1. The van der Waals surface area contributed by atoms with E-state index in [2.05, 4.69) is 28.5 Å². The lowest BCUT2D eigenvalue weighted by molar-refractivity contribution is 0.0955. The molecule has 146 valence electrons. The lowest BCUT2D eigenvalue weighted by Gasteiger charge is -2.16. The number of aromatic nitrogens is 1. The van der Waals surface area contributed by atoms with Crippen molar-refractivity contribution in [1.29, 1.82) is 0 Å². The molecule has 4 rings (SSSR count). The maximum Gasteiger partial charge on any atom is 0.203 e. The Morgan fingerprint density at radius 3 is 2.50 bits per heavy atom. The molecule has 1 aromatic heterocycles. The average Bonchev–Trinajstić information content (AvgIpc) is 3.41. The van der Waals surface area contributed by atoms with Crippen LogP contribution in [0.5, 0.6) is 17.2 Å². The van der Waals surface area contributed by atoms with Gasteiger partial charge in [-0.05, 0) is 23.6 Å². The Kier molecular flexibility index (Phi) is 5.19. The van der Waals surface area contributed by atoms with Crippen molar-refractivity contribution in [3.8, 4) is 17.2 Å². The molecule has 6 nitrogen and oxygen atoms in total. The Morgan fingerprint density at radius 1 is 1.07 bits per heavy atom. The molecule has 2 heterocycles. The Hall–Kier alpha value is -2.64. The number of benzene rings is 2. The van der Waals surface area contributed by atoms with E-state index in [4.69, 9.17) is 14.2 Å². The molecule has 0 saturated carbocycles. The van der Waals surface area contributed by atoms with E-state index in [1.54, 1.807) is 45.2 Å².